The number of hydrogen-bond acceptors (Lipinski definition) is 3. The van der Waals surface area contributed by atoms with Crippen molar-refractivity contribution in [2.75, 3.05) is 0 Å². The van der Waals surface area contributed by atoms with E-state index >= 15 is 0 Å². The van der Waals surface area contributed by atoms with Crippen LogP contribution in [0.15, 0.2) is 36.4 Å². The first-order valence-corrected chi connectivity index (χ1v) is 6.42. The highest BCUT2D eigenvalue weighted by molar-refractivity contribution is 6.30. The second-order valence-electron chi connectivity index (χ2n) is 4.35. The molecule has 0 aliphatic rings. The molecule has 0 aliphatic heterocycles. The van der Waals surface area contributed by atoms with Crippen molar-refractivity contribution in [3.05, 3.63) is 74.3 Å². The van der Waals surface area contributed by atoms with Gasteiger partial charge in [0.1, 0.15) is 5.56 Å². The van der Waals surface area contributed by atoms with Crippen LogP contribution in [0.4, 0.5) is 14.5 Å². The standard InChI is InChI=1S/C14H9ClF2N2O3/c15-9-3-1-8(2-4-9)7-18-14(20)10-5-11(16)12(17)6-13(10)19(21)22/h1-6H,7H2,(H,18,20). The Hall–Kier alpha value is -2.54. The molecule has 114 valence electrons. The fourth-order valence-corrected chi connectivity index (χ4v) is 1.88. The molecule has 0 saturated heterocycles. The van der Waals surface area contributed by atoms with Gasteiger partial charge in [0.15, 0.2) is 11.6 Å². The highest BCUT2D eigenvalue weighted by atomic mass is 35.5. The minimum absolute atomic E-state index is 0.0617. The number of benzene rings is 2. The summed E-state index contributed by atoms with van der Waals surface area (Å²) in [6.45, 7) is 0.0617. The van der Waals surface area contributed by atoms with E-state index in [1.807, 2.05) is 0 Å². The summed E-state index contributed by atoms with van der Waals surface area (Å²) >= 11 is 5.72. The molecule has 0 saturated carbocycles. The summed E-state index contributed by atoms with van der Waals surface area (Å²) in [5.74, 6) is -3.59. The second kappa shape index (κ2) is 6.48. The minimum atomic E-state index is -1.39. The number of nitro groups is 1. The molecule has 2 aromatic carbocycles. The SMILES string of the molecule is O=C(NCc1ccc(Cl)cc1)c1cc(F)c(F)cc1[N+](=O)[O-]. The average molecular weight is 327 g/mol. The van der Waals surface area contributed by atoms with E-state index in [2.05, 4.69) is 5.32 Å². The first-order valence-electron chi connectivity index (χ1n) is 6.04. The van der Waals surface area contributed by atoms with Crippen molar-refractivity contribution in [3.63, 3.8) is 0 Å². The highest BCUT2D eigenvalue weighted by Gasteiger charge is 2.23. The van der Waals surface area contributed by atoms with Crippen molar-refractivity contribution in [2.24, 2.45) is 0 Å². The van der Waals surface area contributed by atoms with Crippen LogP contribution in [0.5, 0.6) is 0 Å². The van der Waals surface area contributed by atoms with Gasteiger partial charge in [-0.05, 0) is 23.8 Å². The molecule has 0 unspecified atom stereocenters. The summed E-state index contributed by atoms with van der Waals surface area (Å²) in [7, 11) is 0. The molecule has 0 atom stereocenters. The monoisotopic (exact) mass is 326 g/mol. The Morgan fingerprint density at radius 1 is 1.18 bits per heavy atom. The Labute approximate surface area is 128 Å². The summed E-state index contributed by atoms with van der Waals surface area (Å²) in [5.41, 5.74) is -0.645. The van der Waals surface area contributed by atoms with Gasteiger partial charge in [0.25, 0.3) is 11.6 Å². The maximum atomic E-state index is 13.2. The van der Waals surface area contributed by atoms with Gasteiger partial charge in [0.2, 0.25) is 0 Å². The lowest BCUT2D eigenvalue weighted by atomic mass is 10.1. The smallest absolute Gasteiger partial charge is 0.285 e. The zero-order valence-corrected chi connectivity index (χ0v) is 11.7. The van der Waals surface area contributed by atoms with E-state index in [0.29, 0.717) is 22.7 Å². The number of carbonyl (C=O) groups is 1. The Morgan fingerprint density at radius 2 is 1.77 bits per heavy atom. The van der Waals surface area contributed by atoms with Gasteiger partial charge in [-0.2, -0.15) is 0 Å². The number of nitrogens with one attached hydrogen (secondary N) is 1. The van der Waals surface area contributed by atoms with Crippen molar-refractivity contribution in [1.82, 2.24) is 5.32 Å². The molecule has 0 bridgehead atoms. The van der Waals surface area contributed by atoms with Crippen LogP contribution >= 0.6 is 11.6 Å². The van der Waals surface area contributed by atoms with Gasteiger partial charge in [-0.3, -0.25) is 14.9 Å². The summed E-state index contributed by atoms with van der Waals surface area (Å²) in [5, 5.41) is 13.7. The van der Waals surface area contributed by atoms with Crippen molar-refractivity contribution in [1.29, 1.82) is 0 Å². The largest absolute Gasteiger partial charge is 0.348 e. The molecule has 2 aromatic rings. The quantitative estimate of drug-likeness (QED) is 0.691. The van der Waals surface area contributed by atoms with Crippen LogP contribution in [-0.2, 0) is 6.54 Å². The first kappa shape index (κ1) is 15.8. The van der Waals surface area contributed by atoms with Crippen molar-refractivity contribution in [2.45, 2.75) is 6.54 Å². The summed E-state index contributed by atoms with van der Waals surface area (Å²) < 4.78 is 26.2. The molecule has 0 radical (unpaired) electrons. The first-order chi connectivity index (χ1) is 10.4. The van der Waals surface area contributed by atoms with E-state index in [1.165, 1.54) is 0 Å². The highest BCUT2D eigenvalue weighted by Crippen LogP contribution is 2.22. The number of rotatable bonds is 4. The van der Waals surface area contributed by atoms with E-state index in [1.54, 1.807) is 24.3 Å². The zero-order valence-electron chi connectivity index (χ0n) is 11.0. The molecule has 0 heterocycles. The predicted molar refractivity (Wildman–Crippen MR) is 75.6 cm³/mol. The minimum Gasteiger partial charge on any atom is -0.348 e. The topological polar surface area (TPSA) is 72.2 Å². The Morgan fingerprint density at radius 3 is 2.36 bits per heavy atom. The van der Waals surface area contributed by atoms with Gasteiger partial charge in [0.05, 0.1) is 11.0 Å². The van der Waals surface area contributed by atoms with Crippen LogP contribution in [0.2, 0.25) is 5.02 Å². The molecule has 5 nitrogen and oxygen atoms in total. The summed E-state index contributed by atoms with van der Waals surface area (Å²) in [6, 6.07) is 7.42. The lowest BCUT2D eigenvalue weighted by Gasteiger charge is -2.07. The normalized spacial score (nSPS) is 10.3. The third kappa shape index (κ3) is 3.56. The molecular formula is C14H9ClF2N2O3. The predicted octanol–water partition coefficient (Wildman–Crippen LogP) is 3.46. The lowest BCUT2D eigenvalue weighted by Crippen LogP contribution is -2.24. The van der Waals surface area contributed by atoms with Gasteiger partial charge in [-0.25, -0.2) is 8.78 Å². The summed E-state index contributed by atoms with van der Waals surface area (Å²) in [4.78, 5) is 21.8. The van der Waals surface area contributed by atoms with E-state index in [4.69, 9.17) is 11.6 Å². The Balaban J connectivity index is 2.20. The van der Waals surface area contributed by atoms with Gasteiger partial charge < -0.3 is 5.32 Å². The van der Waals surface area contributed by atoms with E-state index in [0.717, 1.165) is 0 Å². The molecule has 0 spiro atoms. The van der Waals surface area contributed by atoms with Crippen LogP contribution in [0.3, 0.4) is 0 Å². The molecule has 0 fully saturated rings. The molecule has 1 amide bonds. The number of carbonyl (C=O) groups excluding carboxylic acids is 1. The molecule has 2 rings (SSSR count). The maximum absolute atomic E-state index is 13.2. The lowest BCUT2D eigenvalue weighted by molar-refractivity contribution is -0.385. The molecule has 8 heteroatoms. The number of amides is 1. The van der Waals surface area contributed by atoms with Crippen molar-refractivity contribution >= 4 is 23.2 Å². The van der Waals surface area contributed by atoms with Gasteiger partial charge in [-0.15, -0.1) is 0 Å². The molecule has 1 N–H and O–H groups in total. The third-order valence-electron chi connectivity index (χ3n) is 2.85. The van der Waals surface area contributed by atoms with Crippen molar-refractivity contribution in [3.8, 4) is 0 Å². The second-order valence-corrected chi connectivity index (χ2v) is 4.79. The van der Waals surface area contributed by atoms with Crippen molar-refractivity contribution < 1.29 is 18.5 Å². The molecule has 0 aromatic heterocycles. The van der Waals surface area contributed by atoms with E-state index in [-0.39, 0.29) is 6.54 Å². The molecule has 22 heavy (non-hydrogen) atoms. The van der Waals surface area contributed by atoms with E-state index in [9.17, 15) is 23.7 Å². The number of nitro benzene ring substituents is 1. The summed E-state index contributed by atoms with van der Waals surface area (Å²) in [6.07, 6.45) is 0. The Bertz CT molecular complexity index is 736. The number of halogens is 3. The van der Waals surface area contributed by atoms with Crippen LogP contribution in [0.25, 0.3) is 0 Å². The van der Waals surface area contributed by atoms with Gasteiger partial charge in [-0.1, -0.05) is 23.7 Å². The van der Waals surface area contributed by atoms with Crippen LogP contribution in [-0.4, -0.2) is 10.8 Å². The fourth-order valence-electron chi connectivity index (χ4n) is 1.75. The van der Waals surface area contributed by atoms with Gasteiger partial charge >= 0.3 is 0 Å². The average Bonchev–Trinajstić information content (AvgIpc) is 2.48. The molecular weight excluding hydrogens is 318 g/mol. The third-order valence-corrected chi connectivity index (χ3v) is 3.10. The van der Waals surface area contributed by atoms with Crippen LogP contribution in [0, 0.1) is 21.7 Å². The zero-order chi connectivity index (χ0) is 16.3. The van der Waals surface area contributed by atoms with Crippen LogP contribution < -0.4 is 5.32 Å². The number of nitrogens with zero attached hydrogens (tertiary/aromatic N) is 1. The van der Waals surface area contributed by atoms with Gasteiger partial charge in [0, 0.05) is 11.6 Å². The molecule has 0 aliphatic carbocycles. The fraction of sp³-hybridized carbons (Fsp3) is 0.0714. The Kier molecular flexibility index (Phi) is 4.67. The van der Waals surface area contributed by atoms with Crippen LogP contribution in [0.1, 0.15) is 15.9 Å². The maximum Gasteiger partial charge on any atom is 0.285 e. The van der Waals surface area contributed by atoms with E-state index < -0.39 is 33.7 Å². The number of hydrogen-bond donors (Lipinski definition) is 1.